The van der Waals surface area contributed by atoms with E-state index in [1.807, 2.05) is 31.1 Å². The lowest BCUT2D eigenvalue weighted by atomic mass is 10.4. The van der Waals surface area contributed by atoms with Gasteiger partial charge in [-0.2, -0.15) is 11.8 Å². The molecule has 2 N–H and O–H groups in total. The lowest BCUT2D eigenvalue weighted by molar-refractivity contribution is -0.404. The second-order valence-corrected chi connectivity index (χ2v) is 5.79. The molecule has 9 heteroatoms. The largest absolute Gasteiger partial charge is 0.464 e. The van der Waals surface area contributed by atoms with Crippen LogP contribution >= 0.6 is 11.8 Å². The second kappa shape index (κ2) is 10.1. The molecule has 0 saturated carbocycles. The predicted octanol–water partition coefficient (Wildman–Crippen LogP) is 1.39. The van der Waals surface area contributed by atoms with E-state index in [0.29, 0.717) is 6.61 Å². The van der Waals surface area contributed by atoms with Gasteiger partial charge in [0.2, 0.25) is 0 Å². The van der Waals surface area contributed by atoms with Crippen molar-refractivity contribution in [3.05, 3.63) is 45.8 Å². The van der Waals surface area contributed by atoms with E-state index < -0.39 is 4.92 Å². The van der Waals surface area contributed by atoms with Gasteiger partial charge in [0.25, 0.3) is 6.20 Å². The Morgan fingerprint density at radius 3 is 2.86 bits per heavy atom. The summed E-state index contributed by atoms with van der Waals surface area (Å²) in [5.74, 6) is 3.59. The monoisotopic (exact) mass is 330 g/mol. The summed E-state index contributed by atoms with van der Waals surface area (Å²) in [6.45, 7) is 1.21. The Kier molecular flexibility index (Phi) is 8.41. The van der Waals surface area contributed by atoms with Gasteiger partial charge < -0.3 is 14.6 Å². The minimum Gasteiger partial charge on any atom is -0.464 e. The van der Waals surface area contributed by atoms with Crippen LogP contribution in [0.5, 0.6) is 0 Å². The van der Waals surface area contributed by atoms with E-state index >= 15 is 0 Å². The topological polar surface area (TPSA) is 92.8 Å². The number of hydrogen-bond donors (Lipinski definition) is 2. The van der Waals surface area contributed by atoms with Crippen LogP contribution < -0.4 is 10.8 Å². The summed E-state index contributed by atoms with van der Waals surface area (Å²) in [4.78, 5) is 16.9. The Balaban J connectivity index is 2.15. The third-order valence-electron chi connectivity index (χ3n) is 2.45. The molecule has 0 amide bonds. The van der Waals surface area contributed by atoms with Crippen LogP contribution in [0, 0.1) is 10.1 Å². The minimum absolute atomic E-state index is 0.203. The van der Waals surface area contributed by atoms with E-state index in [0.717, 1.165) is 35.8 Å². The Labute approximate surface area is 134 Å². The molecule has 0 unspecified atom stereocenters. The molecule has 0 radical (unpaired) electrons. The lowest BCUT2D eigenvalue weighted by Gasteiger charge is -2.07. The van der Waals surface area contributed by atoms with Crippen LogP contribution in [-0.2, 0) is 17.1 Å². The number of hydrogen-bond acceptors (Lipinski definition) is 8. The zero-order valence-corrected chi connectivity index (χ0v) is 13.8. The fourth-order valence-electron chi connectivity index (χ4n) is 1.55. The molecule has 1 heterocycles. The van der Waals surface area contributed by atoms with Crippen molar-refractivity contribution in [3.8, 4) is 0 Å². The molecule has 22 heavy (non-hydrogen) atoms. The average molecular weight is 330 g/mol. The van der Waals surface area contributed by atoms with Crippen LogP contribution in [-0.4, -0.2) is 43.3 Å². The number of thioether (sulfide) groups is 1. The number of nitrogens with zero attached hydrogens (tertiary/aromatic N) is 2. The molecule has 0 fully saturated rings. The molecule has 8 nitrogen and oxygen atoms in total. The molecule has 0 aliphatic heterocycles. The van der Waals surface area contributed by atoms with E-state index in [4.69, 9.17) is 9.25 Å². The molecule has 0 bridgehead atoms. The van der Waals surface area contributed by atoms with Crippen molar-refractivity contribution in [1.29, 1.82) is 0 Å². The molecule has 1 aromatic rings. The summed E-state index contributed by atoms with van der Waals surface area (Å²) in [6, 6.07) is 3.96. The molecular weight excluding hydrogens is 308 g/mol. The van der Waals surface area contributed by atoms with E-state index in [9.17, 15) is 10.1 Å². The maximum Gasteiger partial charge on any atom is 0.276 e. The molecule has 0 saturated heterocycles. The van der Waals surface area contributed by atoms with Gasteiger partial charge in [-0.05, 0) is 26.2 Å². The first-order chi connectivity index (χ1) is 10.5. The average Bonchev–Trinajstić information content (AvgIpc) is 2.87. The smallest absolute Gasteiger partial charge is 0.276 e. The van der Waals surface area contributed by atoms with E-state index in [-0.39, 0.29) is 5.82 Å². The quantitative estimate of drug-likeness (QED) is 0.357. The van der Waals surface area contributed by atoms with Gasteiger partial charge in [-0.25, -0.2) is 5.48 Å². The van der Waals surface area contributed by atoms with E-state index in [1.165, 1.54) is 0 Å². The number of hydroxylamine groups is 1. The molecule has 0 aromatic carbocycles. The summed E-state index contributed by atoms with van der Waals surface area (Å²) < 4.78 is 5.69. The van der Waals surface area contributed by atoms with Gasteiger partial charge in [-0.1, -0.05) is 0 Å². The van der Waals surface area contributed by atoms with Crippen LogP contribution in [0.4, 0.5) is 0 Å². The van der Waals surface area contributed by atoms with Crippen LogP contribution in [0.1, 0.15) is 11.5 Å². The maximum absolute atomic E-state index is 10.3. The third-order valence-corrected chi connectivity index (χ3v) is 3.39. The highest BCUT2D eigenvalue weighted by Gasteiger charge is 2.04. The van der Waals surface area contributed by atoms with Gasteiger partial charge in [0, 0.05) is 12.8 Å². The lowest BCUT2D eigenvalue weighted by Crippen LogP contribution is -2.25. The number of rotatable bonds is 11. The van der Waals surface area contributed by atoms with Gasteiger partial charge in [0.1, 0.15) is 11.5 Å². The highest BCUT2D eigenvalue weighted by Crippen LogP contribution is 2.16. The highest BCUT2D eigenvalue weighted by atomic mass is 32.2. The fraction of sp³-hybridized carbons (Fsp3) is 0.538. The Morgan fingerprint density at radius 2 is 2.23 bits per heavy atom. The van der Waals surface area contributed by atoms with Crippen molar-refractivity contribution in [2.45, 2.75) is 12.3 Å². The summed E-state index contributed by atoms with van der Waals surface area (Å²) in [7, 11) is 5.56. The summed E-state index contributed by atoms with van der Waals surface area (Å²) >= 11 is 1.67. The molecule has 0 spiro atoms. The standard InChI is InChI=1S/C13H22N4O4S/c1-14-13(9-17(18)19)15-20-6-7-22-10-12-5-4-11(21-12)8-16(2)3/h4-5,9,14-15H,6-8,10H2,1-3H3/b13-9+. The Bertz CT molecular complexity index is 490. The van der Waals surface area contributed by atoms with Gasteiger partial charge >= 0.3 is 0 Å². The van der Waals surface area contributed by atoms with Crippen molar-refractivity contribution in [1.82, 2.24) is 15.7 Å². The SMILES string of the molecule is CN/C(=C\[N+](=O)[O-])NOCCSCc1ccc(CN(C)C)o1. The molecule has 1 rings (SSSR count). The first kappa shape index (κ1) is 18.3. The van der Waals surface area contributed by atoms with Crippen LogP contribution in [0.25, 0.3) is 0 Å². The molecule has 0 aliphatic carbocycles. The molecular formula is C13H22N4O4S. The van der Waals surface area contributed by atoms with Crippen molar-refractivity contribution < 1.29 is 14.2 Å². The van der Waals surface area contributed by atoms with Crippen LogP contribution in [0.2, 0.25) is 0 Å². The molecule has 0 aliphatic rings. The number of nitrogens with one attached hydrogen (secondary N) is 2. The minimum atomic E-state index is -0.556. The van der Waals surface area contributed by atoms with Crippen LogP contribution in [0.15, 0.2) is 28.6 Å². The predicted molar refractivity (Wildman–Crippen MR) is 85.5 cm³/mol. The fourth-order valence-corrected chi connectivity index (χ4v) is 2.25. The van der Waals surface area contributed by atoms with E-state index in [2.05, 4.69) is 10.8 Å². The van der Waals surface area contributed by atoms with Gasteiger partial charge in [0.15, 0.2) is 5.82 Å². The Hall–Kier alpha value is -1.71. The molecule has 0 atom stereocenters. The molecule has 124 valence electrons. The van der Waals surface area contributed by atoms with Gasteiger partial charge in [0.05, 0.1) is 23.8 Å². The van der Waals surface area contributed by atoms with Crippen molar-refractivity contribution >= 4 is 11.8 Å². The van der Waals surface area contributed by atoms with Crippen molar-refractivity contribution in [3.63, 3.8) is 0 Å². The van der Waals surface area contributed by atoms with E-state index in [1.54, 1.807) is 18.8 Å². The second-order valence-electron chi connectivity index (χ2n) is 4.69. The Morgan fingerprint density at radius 1 is 1.50 bits per heavy atom. The maximum atomic E-state index is 10.3. The zero-order chi connectivity index (χ0) is 16.4. The van der Waals surface area contributed by atoms with Crippen LogP contribution in [0.3, 0.4) is 0 Å². The zero-order valence-electron chi connectivity index (χ0n) is 13.0. The molecule has 1 aromatic heterocycles. The summed E-state index contributed by atoms with van der Waals surface area (Å²) in [5, 5.41) is 12.9. The normalized spacial score (nSPS) is 11.7. The summed E-state index contributed by atoms with van der Waals surface area (Å²) in [6.07, 6.45) is 0.808. The third kappa shape index (κ3) is 7.91. The highest BCUT2D eigenvalue weighted by molar-refractivity contribution is 7.98. The van der Waals surface area contributed by atoms with Crippen molar-refractivity contribution in [2.75, 3.05) is 33.5 Å². The van der Waals surface area contributed by atoms with Crippen molar-refractivity contribution in [2.24, 2.45) is 0 Å². The number of furan rings is 1. The number of nitro groups is 1. The first-order valence-electron chi connectivity index (χ1n) is 6.72. The van der Waals surface area contributed by atoms with Gasteiger partial charge in [-0.15, -0.1) is 0 Å². The first-order valence-corrected chi connectivity index (χ1v) is 7.87. The summed E-state index contributed by atoms with van der Waals surface area (Å²) in [5.41, 5.74) is 2.49. The van der Waals surface area contributed by atoms with Gasteiger partial charge in [-0.3, -0.25) is 15.0 Å².